The third-order valence-electron chi connectivity index (χ3n) is 7.38. The molecule has 0 saturated carbocycles. The number of pyridine rings is 1. The number of ether oxygens (including phenoxy) is 1. The number of rotatable bonds is 10. The van der Waals surface area contributed by atoms with Crippen molar-refractivity contribution in [2.45, 2.75) is 31.7 Å². The number of piperidine rings is 1. The van der Waals surface area contributed by atoms with E-state index >= 15 is 0 Å². The van der Waals surface area contributed by atoms with Crippen molar-refractivity contribution in [2.75, 3.05) is 33.9 Å². The lowest BCUT2D eigenvalue weighted by molar-refractivity contribution is -0.139. The van der Waals surface area contributed by atoms with Crippen LogP contribution in [0.3, 0.4) is 0 Å². The third kappa shape index (κ3) is 7.30. The quantitative estimate of drug-likeness (QED) is 0.205. The van der Waals surface area contributed by atoms with Crippen LogP contribution in [-0.2, 0) is 9.63 Å². The van der Waals surface area contributed by atoms with E-state index in [2.05, 4.69) is 22.3 Å². The van der Waals surface area contributed by atoms with Gasteiger partial charge in [-0.2, -0.15) is 5.48 Å². The zero-order valence-electron chi connectivity index (χ0n) is 22.4. The van der Waals surface area contributed by atoms with Crippen LogP contribution in [-0.4, -0.2) is 54.8 Å². The summed E-state index contributed by atoms with van der Waals surface area (Å²) in [5, 5.41) is 10.5. The maximum absolute atomic E-state index is 13.9. The number of aliphatic carboxylic acids is 1. The number of hydrogen-bond acceptors (Lipinski definition) is 6. The number of aromatic nitrogens is 1. The number of carboxylic acid groups (broad SMARTS) is 1. The second-order valence-corrected chi connectivity index (χ2v) is 9.93. The van der Waals surface area contributed by atoms with Gasteiger partial charge >= 0.3 is 5.97 Å². The molecule has 212 valence electrons. The Morgan fingerprint density at radius 1 is 1.20 bits per heavy atom. The van der Waals surface area contributed by atoms with E-state index in [0.29, 0.717) is 25.6 Å². The highest BCUT2D eigenvalue weighted by Crippen LogP contribution is 2.35. The summed E-state index contributed by atoms with van der Waals surface area (Å²) < 4.78 is 46.2. The lowest BCUT2D eigenvalue weighted by Crippen LogP contribution is -2.41. The average Bonchev–Trinajstić information content (AvgIpc) is 2.93. The van der Waals surface area contributed by atoms with E-state index in [4.69, 9.17) is 9.57 Å². The van der Waals surface area contributed by atoms with Gasteiger partial charge in [0.25, 0.3) is 0 Å². The normalized spacial score (nSPS) is 18.2. The first-order valence-electron chi connectivity index (χ1n) is 13.1. The summed E-state index contributed by atoms with van der Waals surface area (Å²) in [7, 11) is 3.18. The van der Waals surface area contributed by atoms with Gasteiger partial charge in [0, 0.05) is 30.6 Å². The van der Waals surface area contributed by atoms with Gasteiger partial charge in [-0.05, 0) is 73.5 Å². The Morgan fingerprint density at radius 2 is 2.02 bits per heavy atom. The molecule has 1 aromatic heterocycles. The Bertz CT molecular complexity index is 1410. The van der Waals surface area contributed by atoms with Crippen LogP contribution in [0.5, 0.6) is 5.75 Å². The summed E-state index contributed by atoms with van der Waals surface area (Å²) in [6.07, 6.45) is 3.99. The first-order valence-corrected chi connectivity index (χ1v) is 13.1. The van der Waals surface area contributed by atoms with Crippen molar-refractivity contribution in [1.82, 2.24) is 15.4 Å². The lowest BCUT2D eigenvalue weighted by atomic mass is 9.79. The Hall–Kier alpha value is -3.65. The van der Waals surface area contributed by atoms with Crippen LogP contribution in [0, 0.1) is 41.1 Å². The van der Waals surface area contributed by atoms with Crippen LogP contribution in [0.4, 0.5) is 13.2 Å². The minimum absolute atomic E-state index is 0.0100. The zero-order valence-corrected chi connectivity index (χ0v) is 22.4. The third-order valence-corrected chi connectivity index (χ3v) is 7.38. The summed E-state index contributed by atoms with van der Waals surface area (Å²) in [5.41, 5.74) is 4.59. The van der Waals surface area contributed by atoms with Gasteiger partial charge in [-0.3, -0.25) is 14.7 Å². The molecule has 3 atom stereocenters. The van der Waals surface area contributed by atoms with Gasteiger partial charge in [-0.15, -0.1) is 0 Å². The Labute approximate surface area is 231 Å². The number of likely N-dealkylation sites (tertiary alicyclic amines) is 1. The molecule has 0 amide bonds. The molecule has 2 heterocycles. The minimum Gasteiger partial charge on any atom is -0.497 e. The molecule has 0 radical (unpaired) electrons. The SMILES string of the molecule is CON[C@H](CC[C@@H]1CCN(CC#Cc2cc(F)cc(F)c2F)C[C@@H]1CC(=O)O)c1ccnc2ccc(OC)cc12. The van der Waals surface area contributed by atoms with Gasteiger partial charge in [0.2, 0.25) is 0 Å². The molecule has 0 unspecified atom stereocenters. The number of fused-ring (bicyclic) bond motifs is 1. The zero-order chi connectivity index (χ0) is 28.6. The van der Waals surface area contributed by atoms with Crippen molar-refractivity contribution in [1.29, 1.82) is 0 Å². The second kappa shape index (κ2) is 13.6. The monoisotopic (exact) mass is 555 g/mol. The molecular formula is C30H32F3N3O4. The van der Waals surface area contributed by atoms with Crippen LogP contribution in [0.25, 0.3) is 10.9 Å². The molecule has 4 rings (SSSR count). The number of halogens is 3. The van der Waals surface area contributed by atoms with Gasteiger partial charge in [0.1, 0.15) is 11.6 Å². The number of carboxylic acids is 1. The summed E-state index contributed by atoms with van der Waals surface area (Å²) >= 11 is 0. The number of nitrogens with one attached hydrogen (secondary N) is 1. The van der Waals surface area contributed by atoms with Crippen molar-refractivity contribution < 1.29 is 32.6 Å². The van der Waals surface area contributed by atoms with Crippen LogP contribution in [0.2, 0.25) is 0 Å². The van der Waals surface area contributed by atoms with E-state index in [1.165, 1.54) is 0 Å². The van der Waals surface area contributed by atoms with Crippen molar-refractivity contribution in [3.63, 3.8) is 0 Å². The molecule has 1 saturated heterocycles. The van der Waals surface area contributed by atoms with E-state index in [0.717, 1.165) is 41.1 Å². The largest absolute Gasteiger partial charge is 0.497 e. The molecule has 0 spiro atoms. The fourth-order valence-electron chi connectivity index (χ4n) is 5.41. The number of methoxy groups -OCH3 is 1. The molecule has 1 fully saturated rings. The van der Waals surface area contributed by atoms with Crippen molar-refractivity contribution in [3.05, 3.63) is 71.2 Å². The first-order chi connectivity index (χ1) is 19.3. The van der Waals surface area contributed by atoms with Gasteiger partial charge in [0.15, 0.2) is 11.6 Å². The second-order valence-electron chi connectivity index (χ2n) is 9.93. The summed E-state index contributed by atoms with van der Waals surface area (Å²) in [6, 6.07) is 8.83. The maximum Gasteiger partial charge on any atom is 0.303 e. The molecule has 1 aliphatic heterocycles. The molecule has 0 aliphatic carbocycles. The fraction of sp³-hybridized carbons (Fsp3) is 0.400. The number of hydroxylamine groups is 1. The first kappa shape index (κ1) is 29.3. The molecule has 7 nitrogen and oxygen atoms in total. The predicted octanol–water partition coefficient (Wildman–Crippen LogP) is 5.10. The Balaban J connectivity index is 1.45. The standard InChI is InChI=1S/C30H32F3N3O4/c1-39-23-6-8-27-25(17-23)24(9-11-34-27)28(35-40-2)7-5-19-10-13-36(18-21(19)15-29(37)38)12-3-4-20-14-22(31)16-26(32)30(20)33/h6,8-9,11,14,16-17,19,21,28,35H,5,7,10,12-13,15,18H2,1-2H3,(H,37,38)/t19-,21+,28-/m1/s1. The Kier molecular flexibility index (Phi) is 9.98. The topological polar surface area (TPSA) is 83.9 Å². The van der Waals surface area contributed by atoms with Crippen LogP contribution >= 0.6 is 0 Å². The summed E-state index contributed by atoms with van der Waals surface area (Å²) in [4.78, 5) is 23.5. The highest BCUT2D eigenvalue weighted by molar-refractivity contribution is 5.84. The van der Waals surface area contributed by atoms with Crippen molar-refractivity contribution >= 4 is 16.9 Å². The number of benzene rings is 2. The van der Waals surface area contributed by atoms with E-state index in [1.807, 2.05) is 29.2 Å². The highest BCUT2D eigenvalue weighted by Gasteiger charge is 2.31. The van der Waals surface area contributed by atoms with E-state index in [9.17, 15) is 23.1 Å². The molecule has 1 aliphatic rings. The fourth-order valence-corrected chi connectivity index (χ4v) is 5.41. The van der Waals surface area contributed by atoms with Gasteiger partial charge < -0.3 is 14.7 Å². The van der Waals surface area contributed by atoms with Gasteiger partial charge in [-0.1, -0.05) is 11.8 Å². The molecule has 0 bridgehead atoms. The smallest absolute Gasteiger partial charge is 0.303 e. The van der Waals surface area contributed by atoms with Gasteiger partial charge in [0.05, 0.1) is 37.9 Å². The molecular weight excluding hydrogens is 523 g/mol. The van der Waals surface area contributed by atoms with E-state index in [-0.39, 0.29) is 36.4 Å². The Morgan fingerprint density at radius 3 is 2.77 bits per heavy atom. The number of carbonyl (C=O) groups is 1. The highest BCUT2D eigenvalue weighted by atomic mass is 19.2. The van der Waals surface area contributed by atoms with E-state index < -0.39 is 23.4 Å². The van der Waals surface area contributed by atoms with Crippen LogP contribution in [0.15, 0.2) is 42.6 Å². The molecule has 2 N–H and O–H groups in total. The predicted molar refractivity (Wildman–Crippen MR) is 144 cm³/mol. The minimum atomic E-state index is -1.29. The maximum atomic E-state index is 13.9. The average molecular weight is 556 g/mol. The van der Waals surface area contributed by atoms with Gasteiger partial charge in [-0.25, -0.2) is 13.2 Å². The molecule has 10 heteroatoms. The molecule has 2 aromatic carbocycles. The lowest BCUT2D eigenvalue weighted by Gasteiger charge is -2.38. The van der Waals surface area contributed by atoms with Crippen molar-refractivity contribution in [2.24, 2.45) is 11.8 Å². The van der Waals surface area contributed by atoms with E-state index in [1.54, 1.807) is 20.4 Å². The number of hydrogen-bond donors (Lipinski definition) is 2. The van der Waals surface area contributed by atoms with Crippen LogP contribution in [0.1, 0.15) is 42.9 Å². The molecule has 40 heavy (non-hydrogen) atoms. The number of nitrogens with zero attached hydrogens (tertiary/aromatic N) is 2. The molecule has 3 aromatic rings. The summed E-state index contributed by atoms with van der Waals surface area (Å²) in [6.45, 7) is 1.41. The van der Waals surface area contributed by atoms with Crippen molar-refractivity contribution in [3.8, 4) is 17.6 Å². The van der Waals surface area contributed by atoms with Crippen LogP contribution < -0.4 is 10.2 Å². The summed E-state index contributed by atoms with van der Waals surface area (Å²) in [5.74, 6) is 1.80.